The second kappa shape index (κ2) is 3.87. The van der Waals surface area contributed by atoms with Crippen molar-refractivity contribution in [1.29, 1.82) is 0 Å². The number of carbonyl (C=O) groups is 1. The number of hydrogen-bond donors (Lipinski definition) is 1. The molecular formula is C13H24N2O2. The lowest BCUT2D eigenvalue weighted by Crippen LogP contribution is -2.57. The van der Waals surface area contributed by atoms with Crippen LogP contribution in [0.2, 0.25) is 0 Å². The lowest BCUT2D eigenvalue weighted by atomic mass is 9.88. The van der Waals surface area contributed by atoms with Crippen LogP contribution in [0, 0.1) is 0 Å². The molecule has 2 bridgehead atoms. The number of hydrogen-bond acceptors (Lipinski definition) is 3. The third-order valence-electron chi connectivity index (χ3n) is 3.83. The molecule has 0 spiro atoms. The van der Waals surface area contributed by atoms with Gasteiger partial charge in [0.1, 0.15) is 5.60 Å². The van der Waals surface area contributed by atoms with Crippen molar-refractivity contribution >= 4 is 6.09 Å². The average molecular weight is 240 g/mol. The largest absolute Gasteiger partial charge is 0.444 e. The summed E-state index contributed by atoms with van der Waals surface area (Å²) in [5.74, 6) is 0. The van der Waals surface area contributed by atoms with Crippen LogP contribution < -0.4 is 5.73 Å². The Bertz CT molecular complexity index is 324. The molecule has 2 heterocycles. The van der Waals surface area contributed by atoms with Crippen LogP contribution >= 0.6 is 0 Å². The molecule has 2 aliphatic rings. The van der Waals surface area contributed by atoms with E-state index in [1.807, 2.05) is 25.7 Å². The fraction of sp³-hybridized carbons (Fsp3) is 0.923. The van der Waals surface area contributed by atoms with Gasteiger partial charge < -0.3 is 10.5 Å². The van der Waals surface area contributed by atoms with Crippen molar-refractivity contribution in [3.8, 4) is 0 Å². The van der Waals surface area contributed by atoms with Gasteiger partial charge in [-0.25, -0.2) is 4.79 Å². The zero-order chi connectivity index (χ0) is 12.8. The van der Waals surface area contributed by atoms with E-state index in [1.165, 1.54) is 0 Å². The minimum Gasteiger partial charge on any atom is -0.444 e. The SMILES string of the molecule is CC(C)(C)OC(=O)N1C2CC[C@@]1(C)C[C@H](N)C2. The summed E-state index contributed by atoms with van der Waals surface area (Å²) in [6.07, 6.45) is 3.74. The summed E-state index contributed by atoms with van der Waals surface area (Å²) < 4.78 is 5.50. The fourth-order valence-corrected chi connectivity index (χ4v) is 3.27. The molecule has 1 unspecified atom stereocenters. The van der Waals surface area contributed by atoms with Gasteiger partial charge in [0.15, 0.2) is 0 Å². The number of carbonyl (C=O) groups excluding carboxylic acids is 1. The Balaban J connectivity index is 2.14. The number of amides is 1. The normalized spacial score (nSPS) is 37.1. The van der Waals surface area contributed by atoms with Crippen LogP contribution in [0.25, 0.3) is 0 Å². The first-order valence-corrected chi connectivity index (χ1v) is 6.49. The number of ether oxygens (including phenoxy) is 1. The number of piperidine rings is 1. The number of rotatable bonds is 0. The summed E-state index contributed by atoms with van der Waals surface area (Å²) in [4.78, 5) is 14.2. The molecule has 2 fully saturated rings. The van der Waals surface area contributed by atoms with Crippen LogP contribution in [0.15, 0.2) is 0 Å². The summed E-state index contributed by atoms with van der Waals surface area (Å²) in [5, 5.41) is 0. The maximum atomic E-state index is 12.2. The Morgan fingerprint density at radius 2 is 2.12 bits per heavy atom. The molecule has 4 heteroatoms. The van der Waals surface area contributed by atoms with Gasteiger partial charge in [-0.15, -0.1) is 0 Å². The Labute approximate surface area is 103 Å². The van der Waals surface area contributed by atoms with Crippen molar-refractivity contribution in [2.24, 2.45) is 5.73 Å². The molecule has 2 saturated heterocycles. The highest BCUT2D eigenvalue weighted by molar-refractivity contribution is 5.70. The molecule has 1 amide bonds. The predicted octanol–water partition coefficient (Wildman–Crippen LogP) is 2.27. The van der Waals surface area contributed by atoms with Crippen molar-refractivity contribution in [1.82, 2.24) is 4.90 Å². The minimum atomic E-state index is -0.424. The van der Waals surface area contributed by atoms with Crippen LogP contribution in [0.3, 0.4) is 0 Å². The smallest absolute Gasteiger partial charge is 0.410 e. The molecule has 0 aliphatic carbocycles. The van der Waals surface area contributed by atoms with Crippen LogP contribution in [0.4, 0.5) is 4.79 Å². The van der Waals surface area contributed by atoms with Crippen LogP contribution in [-0.2, 0) is 4.74 Å². The average Bonchev–Trinajstić information content (AvgIpc) is 2.31. The van der Waals surface area contributed by atoms with E-state index in [2.05, 4.69) is 6.92 Å². The molecule has 0 aromatic rings. The summed E-state index contributed by atoms with van der Waals surface area (Å²) >= 11 is 0. The first-order chi connectivity index (χ1) is 7.71. The van der Waals surface area contributed by atoms with E-state index >= 15 is 0 Å². The molecule has 0 radical (unpaired) electrons. The van der Waals surface area contributed by atoms with E-state index in [0.717, 1.165) is 25.7 Å². The zero-order valence-electron chi connectivity index (χ0n) is 11.3. The topological polar surface area (TPSA) is 55.6 Å². The number of nitrogens with zero attached hydrogens (tertiary/aromatic N) is 1. The molecule has 0 aromatic carbocycles. The third-order valence-corrected chi connectivity index (χ3v) is 3.83. The lowest BCUT2D eigenvalue weighted by Gasteiger charge is -2.45. The highest BCUT2D eigenvalue weighted by Gasteiger charge is 2.51. The van der Waals surface area contributed by atoms with Gasteiger partial charge in [-0.2, -0.15) is 0 Å². The standard InChI is InChI=1S/C13H24N2O2/c1-12(2,3)17-11(16)15-10-5-6-13(15,4)8-9(14)7-10/h9-10H,5-8,14H2,1-4H3/t9-,10?,13+/m1/s1. The number of nitrogens with two attached hydrogens (primary N) is 1. The second-order valence-electron chi connectivity index (χ2n) is 6.74. The van der Waals surface area contributed by atoms with Gasteiger partial charge in [0.05, 0.1) is 0 Å². The predicted molar refractivity (Wildman–Crippen MR) is 66.7 cm³/mol. The quantitative estimate of drug-likeness (QED) is 0.706. The summed E-state index contributed by atoms with van der Waals surface area (Å²) in [7, 11) is 0. The lowest BCUT2D eigenvalue weighted by molar-refractivity contribution is -0.0127. The molecular weight excluding hydrogens is 216 g/mol. The van der Waals surface area contributed by atoms with Crippen molar-refractivity contribution in [2.75, 3.05) is 0 Å². The molecule has 2 rings (SSSR count). The molecule has 0 saturated carbocycles. The van der Waals surface area contributed by atoms with Crippen LogP contribution in [-0.4, -0.2) is 34.2 Å². The van der Waals surface area contributed by atoms with Gasteiger partial charge in [-0.3, -0.25) is 4.90 Å². The van der Waals surface area contributed by atoms with Crippen molar-refractivity contribution < 1.29 is 9.53 Å². The first kappa shape index (κ1) is 12.7. The maximum Gasteiger partial charge on any atom is 0.410 e. The Hall–Kier alpha value is -0.770. The minimum absolute atomic E-state index is 0.0926. The van der Waals surface area contributed by atoms with E-state index < -0.39 is 5.60 Å². The Kier molecular flexibility index (Phi) is 2.89. The van der Waals surface area contributed by atoms with Crippen molar-refractivity contribution in [3.05, 3.63) is 0 Å². The van der Waals surface area contributed by atoms with Crippen LogP contribution in [0.1, 0.15) is 53.4 Å². The fourth-order valence-electron chi connectivity index (χ4n) is 3.27. The highest BCUT2D eigenvalue weighted by atomic mass is 16.6. The monoisotopic (exact) mass is 240 g/mol. The summed E-state index contributed by atoms with van der Waals surface area (Å²) in [5.41, 5.74) is 5.53. The van der Waals surface area contributed by atoms with E-state index in [4.69, 9.17) is 10.5 Å². The van der Waals surface area contributed by atoms with E-state index in [-0.39, 0.29) is 23.7 Å². The third kappa shape index (κ3) is 2.41. The highest BCUT2D eigenvalue weighted by Crippen LogP contribution is 2.44. The zero-order valence-corrected chi connectivity index (χ0v) is 11.3. The molecule has 4 nitrogen and oxygen atoms in total. The van der Waals surface area contributed by atoms with Crippen molar-refractivity contribution in [2.45, 2.75) is 76.6 Å². The van der Waals surface area contributed by atoms with Gasteiger partial charge in [0.25, 0.3) is 0 Å². The van der Waals surface area contributed by atoms with Gasteiger partial charge in [-0.05, 0) is 53.4 Å². The van der Waals surface area contributed by atoms with E-state index in [9.17, 15) is 4.79 Å². The molecule has 17 heavy (non-hydrogen) atoms. The molecule has 2 N–H and O–H groups in total. The maximum absolute atomic E-state index is 12.2. The van der Waals surface area contributed by atoms with Gasteiger partial charge in [0, 0.05) is 17.6 Å². The van der Waals surface area contributed by atoms with Crippen molar-refractivity contribution in [3.63, 3.8) is 0 Å². The molecule has 3 atom stereocenters. The van der Waals surface area contributed by atoms with E-state index in [1.54, 1.807) is 0 Å². The molecule has 98 valence electrons. The Morgan fingerprint density at radius 3 is 2.65 bits per heavy atom. The van der Waals surface area contributed by atoms with Gasteiger partial charge in [0.2, 0.25) is 0 Å². The van der Waals surface area contributed by atoms with Gasteiger partial charge >= 0.3 is 6.09 Å². The number of fused-ring (bicyclic) bond motifs is 2. The first-order valence-electron chi connectivity index (χ1n) is 6.49. The Morgan fingerprint density at radius 1 is 1.47 bits per heavy atom. The molecule has 2 aliphatic heterocycles. The summed E-state index contributed by atoms with van der Waals surface area (Å²) in [6.45, 7) is 7.86. The van der Waals surface area contributed by atoms with E-state index in [0.29, 0.717) is 0 Å². The second-order valence-corrected chi connectivity index (χ2v) is 6.74. The van der Waals surface area contributed by atoms with Gasteiger partial charge in [-0.1, -0.05) is 0 Å². The van der Waals surface area contributed by atoms with Crippen LogP contribution in [0.5, 0.6) is 0 Å². The molecule has 0 aromatic heterocycles. The summed E-state index contributed by atoms with van der Waals surface area (Å²) in [6, 6.07) is 0.504.